The van der Waals surface area contributed by atoms with Crippen LogP contribution in [0.15, 0.2) is 90.1 Å². The molecule has 160 valence electrons. The first-order chi connectivity index (χ1) is 15.5. The van der Waals surface area contributed by atoms with Crippen molar-refractivity contribution >= 4 is 33.7 Å². The van der Waals surface area contributed by atoms with E-state index >= 15 is 0 Å². The molecule has 0 saturated carbocycles. The Morgan fingerprint density at radius 3 is 2.38 bits per heavy atom. The maximum atomic E-state index is 13.6. The number of fused-ring (bicyclic) bond motifs is 1. The fraction of sp³-hybridized carbons (Fsp3) is 0.0800. The van der Waals surface area contributed by atoms with Crippen LogP contribution >= 0.6 is 0 Å². The number of nitrogens with one attached hydrogen (secondary N) is 2. The van der Waals surface area contributed by atoms with Crippen molar-refractivity contribution in [1.82, 2.24) is 0 Å². The fourth-order valence-electron chi connectivity index (χ4n) is 3.57. The number of nitrogens with zero attached hydrogens (tertiary/aromatic N) is 1. The number of anilines is 2. The second-order valence-electron chi connectivity index (χ2n) is 7.31. The molecule has 0 saturated heterocycles. The zero-order valence-electron chi connectivity index (χ0n) is 17.0. The van der Waals surface area contributed by atoms with Gasteiger partial charge in [-0.2, -0.15) is 0 Å². The van der Waals surface area contributed by atoms with Gasteiger partial charge in [-0.15, -0.1) is 4.91 Å². The number of phenolic OH excluding ortho intramolecular Hbond substituents is 1. The van der Waals surface area contributed by atoms with Crippen LogP contribution in [-0.4, -0.2) is 17.1 Å². The molecule has 0 fully saturated rings. The van der Waals surface area contributed by atoms with Gasteiger partial charge < -0.3 is 15.7 Å². The van der Waals surface area contributed by atoms with Gasteiger partial charge in [0, 0.05) is 22.9 Å². The second kappa shape index (κ2) is 9.26. The van der Waals surface area contributed by atoms with E-state index in [2.05, 4.69) is 15.8 Å². The molecule has 0 spiro atoms. The lowest BCUT2D eigenvalue weighted by atomic mass is 10.0. The van der Waals surface area contributed by atoms with Gasteiger partial charge in [0.05, 0.1) is 5.69 Å². The molecule has 3 N–H and O–H groups in total. The summed E-state index contributed by atoms with van der Waals surface area (Å²) in [5.74, 6) is -0.985. The van der Waals surface area contributed by atoms with Gasteiger partial charge in [-0.1, -0.05) is 60.7 Å². The first-order valence-corrected chi connectivity index (χ1v) is 10.00. The van der Waals surface area contributed by atoms with Crippen molar-refractivity contribution in [3.05, 3.63) is 101 Å². The lowest BCUT2D eigenvalue weighted by molar-refractivity contribution is -0.116. The van der Waals surface area contributed by atoms with Crippen LogP contribution in [0.3, 0.4) is 0 Å². The van der Waals surface area contributed by atoms with Crippen molar-refractivity contribution in [2.75, 3.05) is 10.6 Å². The molecular weight excluding hydrogens is 409 g/mol. The number of carbonyl (C=O) groups excluding carboxylic acids is 1. The van der Waals surface area contributed by atoms with Crippen molar-refractivity contribution < 1.29 is 14.3 Å². The van der Waals surface area contributed by atoms with Gasteiger partial charge in [0.15, 0.2) is 0 Å². The third-order valence-electron chi connectivity index (χ3n) is 5.11. The van der Waals surface area contributed by atoms with E-state index in [0.717, 1.165) is 5.56 Å². The number of carbonyl (C=O) groups is 1. The number of nitroso groups, excluding NO2 is 1. The molecule has 4 aromatic rings. The molecule has 0 aliphatic rings. The van der Waals surface area contributed by atoms with Gasteiger partial charge >= 0.3 is 0 Å². The summed E-state index contributed by atoms with van der Waals surface area (Å²) >= 11 is 0. The second-order valence-corrected chi connectivity index (χ2v) is 7.31. The van der Waals surface area contributed by atoms with Crippen LogP contribution in [0.2, 0.25) is 0 Å². The maximum Gasteiger partial charge on any atom is 0.247 e. The summed E-state index contributed by atoms with van der Waals surface area (Å²) in [5.41, 5.74) is 1.54. The number of hydrogen-bond acceptors (Lipinski definition) is 5. The highest BCUT2D eigenvalue weighted by Crippen LogP contribution is 2.39. The first kappa shape index (κ1) is 21.0. The third-order valence-corrected chi connectivity index (χ3v) is 5.11. The number of rotatable bonds is 7. The Kier molecular flexibility index (Phi) is 6.07. The van der Waals surface area contributed by atoms with Crippen molar-refractivity contribution in [2.24, 2.45) is 5.18 Å². The molecule has 0 bridgehead atoms. The zero-order chi connectivity index (χ0) is 22.5. The van der Waals surface area contributed by atoms with E-state index in [4.69, 9.17) is 0 Å². The predicted molar refractivity (Wildman–Crippen MR) is 124 cm³/mol. The topological polar surface area (TPSA) is 90.8 Å². The highest BCUT2D eigenvalue weighted by Gasteiger charge is 2.22. The molecule has 32 heavy (non-hydrogen) atoms. The van der Waals surface area contributed by atoms with Gasteiger partial charge in [0.2, 0.25) is 5.91 Å². The molecule has 0 heterocycles. The average Bonchev–Trinajstić information content (AvgIpc) is 2.81. The van der Waals surface area contributed by atoms with Gasteiger partial charge in [-0.25, -0.2) is 4.39 Å². The molecule has 4 aromatic carbocycles. The summed E-state index contributed by atoms with van der Waals surface area (Å²) in [4.78, 5) is 24.5. The summed E-state index contributed by atoms with van der Waals surface area (Å²) < 4.78 is 13.6. The molecule has 7 heteroatoms. The average molecular weight is 429 g/mol. The Morgan fingerprint density at radius 1 is 0.938 bits per heavy atom. The van der Waals surface area contributed by atoms with Crippen LogP contribution in [0.5, 0.6) is 5.75 Å². The normalized spacial score (nSPS) is 11.7. The van der Waals surface area contributed by atoms with E-state index in [1.165, 1.54) is 24.3 Å². The number of benzene rings is 4. The molecule has 6 nitrogen and oxygen atoms in total. The predicted octanol–water partition coefficient (Wildman–Crippen LogP) is 5.74. The highest BCUT2D eigenvalue weighted by molar-refractivity contribution is 6.02. The van der Waals surface area contributed by atoms with Crippen molar-refractivity contribution in [3.63, 3.8) is 0 Å². The standard InChI is InChI=1S/C25H20FN3O3/c26-17-9-6-10-18(14-17)27-25(31)23(13-16-7-2-1-3-8-16)28-22-15-21(29-32)19-11-4-5-12-20(19)24(22)30/h1-12,14-15,23,28,30H,13H2,(H,27,31). The van der Waals surface area contributed by atoms with Crippen molar-refractivity contribution in [1.29, 1.82) is 0 Å². The van der Waals surface area contributed by atoms with Crippen molar-refractivity contribution in [2.45, 2.75) is 12.5 Å². The molecule has 0 aliphatic heterocycles. The molecule has 1 amide bonds. The largest absolute Gasteiger partial charge is 0.505 e. The number of halogens is 1. The van der Waals surface area contributed by atoms with Crippen molar-refractivity contribution in [3.8, 4) is 5.75 Å². The number of aromatic hydroxyl groups is 1. The molecular formula is C25H20FN3O3. The monoisotopic (exact) mass is 429 g/mol. The number of hydrogen-bond donors (Lipinski definition) is 3. The van der Waals surface area contributed by atoms with Gasteiger partial charge in [-0.05, 0) is 35.0 Å². The Labute approximate surface area is 183 Å². The van der Waals surface area contributed by atoms with Crippen LogP contribution in [-0.2, 0) is 11.2 Å². The van der Waals surface area contributed by atoms with Crippen LogP contribution in [0, 0.1) is 10.7 Å². The Hall–Kier alpha value is -4.26. The quantitative estimate of drug-likeness (QED) is 0.258. The Bertz CT molecular complexity index is 1280. The molecule has 0 aliphatic carbocycles. The van der Waals surface area contributed by atoms with Crippen LogP contribution in [0.4, 0.5) is 21.5 Å². The van der Waals surface area contributed by atoms with E-state index < -0.39 is 17.8 Å². The summed E-state index contributed by atoms with van der Waals surface area (Å²) in [6.45, 7) is 0. The molecule has 0 aromatic heterocycles. The fourth-order valence-corrected chi connectivity index (χ4v) is 3.57. The summed E-state index contributed by atoms with van der Waals surface area (Å²) in [6.07, 6.45) is 0.290. The molecule has 1 unspecified atom stereocenters. The molecule has 1 atom stereocenters. The number of phenols is 1. The maximum absolute atomic E-state index is 13.6. The minimum atomic E-state index is -0.827. The highest BCUT2D eigenvalue weighted by atomic mass is 19.1. The van der Waals surface area contributed by atoms with E-state index in [1.54, 1.807) is 30.3 Å². The Morgan fingerprint density at radius 2 is 1.66 bits per heavy atom. The zero-order valence-corrected chi connectivity index (χ0v) is 17.0. The van der Waals surface area contributed by atoms with Crippen LogP contribution in [0.1, 0.15) is 5.56 Å². The van der Waals surface area contributed by atoms with Crippen LogP contribution < -0.4 is 10.6 Å². The van der Waals surface area contributed by atoms with E-state index in [9.17, 15) is 19.2 Å². The molecule has 0 radical (unpaired) electrons. The smallest absolute Gasteiger partial charge is 0.247 e. The van der Waals surface area contributed by atoms with Crippen LogP contribution in [0.25, 0.3) is 10.8 Å². The van der Waals surface area contributed by atoms with E-state index in [-0.39, 0.29) is 23.5 Å². The lowest BCUT2D eigenvalue weighted by Gasteiger charge is -2.21. The number of amides is 1. The third kappa shape index (κ3) is 4.57. The SMILES string of the molecule is O=Nc1cc(NC(Cc2ccccc2)C(=O)Nc2cccc(F)c2)c(O)c2ccccc12. The van der Waals surface area contributed by atoms with Gasteiger partial charge in [0.1, 0.15) is 23.3 Å². The summed E-state index contributed by atoms with van der Waals surface area (Å²) in [5, 5.41) is 20.6. The van der Waals surface area contributed by atoms with Gasteiger partial charge in [0.25, 0.3) is 0 Å². The minimum Gasteiger partial charge on any atom is -0.505 e. The van der Waals surface area contributed by atoms with Gasteiger partial charge in [-0.3, -0.25) is 4.79 Å². The summed E-state index contributed by atoms with van der Waals surface area (Å²) in [7, 11) is 0. The lowest BCUT2D eigenvalue weighted by Crippen LogP contribution is -2.36. The van der Waals surface area contributed by atoms with E-state index in [1.807, 2.05) is 30.3 Å². The minimum absolute atomic E-state index is 0.0929. The summed E-state index contributed by atoms with van der Waals surface area (Å²) in [6, 6.07) is 22.4. The Balaban J connectivity index is 1.69. The first-order valence-electron chi connectivity index (χ1n) is 10.00. The molecule has 4 rings (SSSR count). The van der Waals surface area contributed by atoms with E-state index in [0.29, 0.717) is 16.5 Å².